The van der Waals surface area contributed by atoms with E-state index in [9.17, 15) is 14.0 Å². The zero-order chi connectivity index (χ0) is 19.3. The van der Waals surface area contributed by atoms with Crippen molar-refractivity contribution >= 4 is 11.9 Å². The second kappa shape index (κ2) is 9.01. The van der Waals surface area contributed by atoms with Gasteiger partial charge in [-0.25, -0.2) is 4.39 Å². The molecule has 6 heteroatoms. The van der Waals surface area contributed by atoms with Gasteiger partial charge < -0.3 is 14.8 Å². The minimum Gasteiger partial charge on any atom is -0.494 e. The van der Waals surface area contributed by atoms with E-state index in [4.69, 9.17) is 9.47 Å². The maximum absolute atomic E-state index is 13.7. The second-order valence-electron chi connectivity index (χ2n) is 7.16. The van der Waals surface area contributed by atoms with Crippen molar-refractivity contribution < 1.29 is 23.5 Å². The van der Waals surface area contributed by atoms with Crippen molar-refractivity contribution in [2.45, 2.75) is 58.6 Å². The summed E-state index contributed by atoms with van der Waals surface area (Å²) in [6, 6.07) is 4.40. The maximum Gasteiger partial charge on any atom is 0.311 e. The van der Waals surface area contributed by atoms with Gasteiger partial charge in [-0.3, -0.25) is 9.59 Å². The van der Waals surface area contributed by atoms with Crippen LogP contribution in [0.2, 0.25) is 0 Å². The normalized spacial score (nSPS) is 23.8. The molecule has 0 saturated heterocycles. The van der Waals surface area contributed by atoms with E-state index < -0.39 is 17.9 Å². The van der Waals surface area contributed by atoms with Gasteiger partial charge in [-0.15, -0.1) is 0 Å². The van der Waals surface area contributed by atoms with Gasteiger partial charge in [0.2, 0.25) is 0 Å². The number of benzene rings is 1. The van der Waals surface area contributed by atoms with Crippen LogP contribution >= 0.6 is 0 Å². The van der Waals surface area contributed by atoms with Gasteiger partial charge >= 0.3 is 5.97 Å². The molecule has 144 valence electrons. The van der Waals surface area contributed by atoms with Gasteiger partial charge in [0.25, 0.3) is 5.91 Å². The first kappa shape index (κ1) is 20.2. The van der Waals surface area contributed by atoms with Crippen LogP contribution in [-0.4, -0.2) is 31.1 Å². The largest absolute Gasteiger partial charge is 0.494 e. The smallest absolute Gasteiger partial charge is 0.311 e. The van der Waals surface area contributed by atoms with E-state index in [0.29, 0.717) is 17.4 Å². The molecule has 0 heterocycles. The minimum absolute atomic E-state index is 0.102. The van der Waals surface area contributed by atoms with E-state index in [2.05, 4.69) is 19.2 Å². The molecule has 1 aliphatic carbocycles. The van der Waals surface area contributed by atoms with Crippen molar-refractivity contribution in [1.82, 2.24) is 5.32 Å². The maximum atomic E-state index is 13.7. The minimum atomic E-state index is -0.880. The molecule has 1 amide bonds. The Morgan fingerprint density at radius 2 is 2.04 bits per heavy atom. The van der Waals surface area contributed by atoms with Gasteiger partial charge in [-0.1, -0.05) is 32.8 Å². The zero-order valence-electron chi connectivity index (χ0n) is 15.9. The molecule has 4 atom stereocenters. The SMILES string of the molecule is COc1ccc(CC(=O)O[C@H](C)C(=O)N[C@H]2CCC[C@@H](C)[C@H]2C)cc1F. The lowest BCUT2D eigenvalue weighted by molar-refractivity contribution is -0.154. The molecule has 1 N–H and O–H groups in total. The summed E-state index contributed by atoms with van der Waals surface area (Å²) < 4.78 is 23.7. The van der Waals surface area contributed by atoms with E-state index >= 15 is 0 Å². The number of hydrogen-bond acceptors (Lipinski definition) is 4. The third kappa shape index (κ3) is 5.19. The molecule has 0 radical (unpaired) electrons. The van der Waals surface area contributed by atoms with Gasteiger partial charge in [0, 0.05) is 6.04 Å². The quantitative estimate of drug-likeness (QED) is 0.786. The molecule has 0 aromatic heterocycles. The van der Waals surface area contributed by atoms with Crippen LogP contribution in [0.5, 0.6) is 5.75 Å². The summed E-state index contributed by atoms with van der Waals surface area (Å²) in [5.41, 5.74) is 0.468. The highest BCUT2D eigenvalue weighted by Gasteiger charge is 2.30. The van der Waals surface area contributed by atoms with E-state index in [1.807, 2.05) is 0 Å². The predicted molar refractivity (Wildman–Crippen MR) is 96.3 cm³/mol. The Kier molecular flexibility index (Phi) is 7.00. The Morgan fingerprint density at radius 1 is 1.31 bits per heavy atom. The Labute approximate surface area is 154 Å². The summed E-state index contributed by atoms with van der Waals surface area (Å²) in [4.78, 5) is 24.4. The Hall–Kier alpha value is -2.11. The summed E-state index contributed by atoms with van der Waals surface area (Å²) in [6.45, 7) is 5.89. The molecule has 0 aliphatic heterocycles. The number of carbonyl (C=O) groups excluding carboxylic acids is 2. The molecule has 0 spiro atoms. The molecule has 1 aromatic rings. The predicted octanol–water partition coefficient (Wildman–Crippen LogP) is 3.25. The fourth-order valence-electron chi connectivity index (χ4n) is 3.36. The van der Waals surface area contributed by atoms with E-state index in [0.717, 1.165) is 12.8 Å². The molecule has 1 fully saturated rings. The lowest BCUT2D eigenvalue weighted by Crippen LogP contribution is -2.47. The standard InChI is InChI=1S/C20H28FNO4/c1-12-6-5-7-17(13(12)2)22-20(24)14(3)26-19(23)11-15-8-9-18(25-4)16(21)10-15/h8-10,12-14,17H,5-7,11H2,1-4H3,(H,22,24)/t12-,13-,14-,17+/m1/s1. The van der Waals surface area contributed by atoms with Crippen LogP contribution in [0.4, 0.5) is 4.39 Å². The highest BCUT2D eigenvalue weighted by atomic mass is 19.1. The van der Waals surface area contributed by atoms with Crippen molar-refractivity contribution in [3.8, 4) is 5.75 Å². The lowest BCUT2D eigenvalue weighted by atomic mass is 9.78. The van der Waals surface area contributed by atoms with Crippen LogP contribution in [0.3, 0.4) is 0 Å². The Bertz CT molecular complexity index is 649. The monoisotopic (exact) mass is 365 g/mol. The van der Waals surface area contributed by atoms with Gasteiger partial charge in [0.1, 0.15) is 0 Å². The van der Waals surface area contributed by atoms with E-state index in [1.54, 1.807) is 13.0 Å². The fourth-order valence-corrected chi connectivity index (χ4v) is 3.36. The molecule has 5 nitrogen and oxygen atoms in total. The molecule has 1 saturated carbocycles. The van der Waals surface area contributed by atoms with Crippen molar-refractivity contribution in [2.75, 3.05) is 7.11 Å². The number of carbonyl (C=O) groups is 2. The van der Waals surface area contributed by atoms with Crippen LogP contribution in [0.25, 0.3) is 0 Å². The number of methoxy groups -OCH3 is 1. The van der Waals surface area contributed by atoms with Gasteiger partial charge in [-0.2, -0.15) is 0 Å². The van der Waals surface area contributed by atoms with Gasteiger partial charge in [-0.05, 0) is 42.9 Å². The average molecular weight is 365 g/mol. The molecular weight excluding hydrogens is 337 g/mol. The first-order valence-corrected chi connectivity index (χ1v) is 9.14. The number of nitrogens with one attached hydrogen (secondary N) is 1. The molecule has 1 aromatic carbocycles. The molecule has 1 aliphatic rings. The Balaban J connectivity index is 1.86. The topological polar surface area (TPSA) is 64.6 Å². The molecular formula is C20H28FNO4. The fraction of sp³-hybridized carbons (Fsp3) is 0.600. The average Bonchev–Trinajstić information content (AvgIpc) is 2.59. The number of hydrogen-bond donors (Lipinski definition) is 1. The van der Waals surface area contributed by atoms with Gasteiger partial charge in [0.05, 0.1) is 13.5 Å². The number of esters is 1. The summed E-state index contributed by atoms with van der Waals surface area (Å²) in [5, 5.41) is 3.00. The third-order valence-electron chi connectivity index (χ3n) is 5.28. The zero-order valence-corrected chi connectivity index (χ0v) is 15.9. The third-order valence-corrected chi connectivity index (χ3v) is 5.28. The van der Waals surface area contributed by atoms with Crippen LogP contribution in [0.1, 0.15) is 45.6 Å². The van der Waals surface area contributed by atoms with E-state index in [1.165, 1.54) is 25.7 Å². The van der Waals surface area contributed by atoms with Crippen LogP contribution < -0.4 is 10.1 Å². The van der Waals surface area contributed by atoms with Crippen LogP contribution in [-0.2, 0) is 20.7 Å². The number of ether oxygens (including phenoxy) is 2. The number of rotatable bonds is 6. The van der Waals surface area contributed by atoms with Crippen LogP contribution in [0.15, 0.2) is 18.2 Å². The van der Waals surface area contributed by atoms with Crippen molar-refractivity contribution in [3.05, 3.63) is 29.6 Å². The molecule has 26 heavy (non-hydrogen) atoms. The lowest BCUT2D eigenvalue weighted by Gasteiger charge is -2.35. The van der Waals surface area contributed by atoms with E-state index in [-0.39, 0.29) is 24.1 Å². The number of amides is 1. The van der Waals surface area contributed by atoms with Crippen molar-refractivity contribution in [3.63, 3.8) is 0 Å². The van der Waals surface area contributed by atoms with Crippen molar-refractivity contribution in [2.24, 2.45) is 11.8 Å². The summed E-state index contributed by atoms with van der Waals surface area (Å²) in [6.07, 6.45) is 2.23. The highest BCUT2D eigenvalue weighted by molar-refractivity contribution is 5.84. The summed E-state index contributed by atoms with van der Waals surface area (Å²) in [7, 11) is 1.38. The molecule has 0 unspecified atom stereocenters. The molecule has 2 rings (SSSR count). The summed E-state index contributed by atoms with van der Waals surface area (Å²) in [5.74, 6) is -0.308. The van der Waals surface area contributed by atoms with Crippen LogP contribution in [0, 0.1) is 17.7 Å². The molecule has 0 bridgehead atoms. The van der Waals surface area contributed by atoms with Crippen molar-refractivity contribution in [1.29, 1.82) is 0 Å². The highest BCUT2D eigenvalue weighted by Crippen LogP contribution is 2.29. The Morgan fingerprint density at radius 3 is 2.69 bits per heavy atom. The summed E-state index contributed by atoms with van der Waals surface area (Å²) >= 11 is 0. The second-order valence-corrected chi connectivity index (χ2v) is 7.16. The van der Waals surface area contributed by atoms with Gasteiger partial charge in [0.15, 0.2) is 17.7 Å². The number of halogens is 1. The first-order valence-electron chi connectivity index (χ1n) is 9.14. The first-order chi connectivity index (χ1) is 12.3.